The number of hydrogen-bond donors (Lipinski definition) is 4. The average molecular weight is 597 g/mol. The number of rotatable bonds is 12. The maximum absolute atomic E-state index is 14.1. The Morgan fingerprint density at radius 3 is 2.00 bits per heavy atom. The van der Waals surface area contributed by atoms with Crippen LogP contribution in [0, 0.1) is 17.8 Å². The summed E-state index contributed by atoms with van der Waals surface area (Å²) in [4.78, 5) is 55.2. The molecule has 3 aliphatic rings. The third kappa shape index (κ3) is 8.16. The first-order valence-corrected chi connectivity index (χ1v) is 16.5. The highest BCUT2D eigenvalue weighted by atomic mass is 16.4. The topological polar surface area (TPSA) is 142 Å². The zero-order chi connectivity index (χ0) is 31.1. The Morgan fingerprint density at radius 2 is 1.42 bits per heavy atom. The minimum atomic E-state index is -1.05. The molecule has 0 radical (unpaired) electrons. The van der Waals surface area contributed by atoms with Crippen molar-refractivity contribution in [2.75, 3.05) is 7.05 Å². The van der Waals surface area contributed by atoms with Crippen LogP contribution in [0.25, 0.3) is 0 Å². The number of carbonyl (C=O) groups excluding carboxylic acids is 3. The Morgan fingerprint density at radius 1 is 0.860 bits per heavy atom. The van der Waals surface area contributed by atoms with E-state index in [0.717, 1.165) is 82.6 Å². The number of aryl methyl sites for hydroxylation is 1. The van der Waals surface area contributed by atoms with Gasteiger partial charge >= 0.3 is 5.97 Å². The van der Waals surface area contributed by atoms with Crippen LogP contribution in [0.5, 0.6) is 0 Å². The number of nitrogens with zero attached hydrogens (tertiary/aromatic N) is 1. The highest BCUT2D eigenvalue weighted by Crippen LogP contribution is 2.35. The number of hydrogen-bond acceptors (Lipinski definition) is 5. The molecule has 1 aromatic rings. The van der Waals surface area contributed by atoms with Crippen LogP contribution in [-0.2, 0) is 25.6 Å². The van der Waals surface area contributed by atoms with E-state index in [1.807, 2.05) is 32.0 Å². The van der Waals surface area contributed by atoms with Crippen LogP contribution >= 0.6 is 0 Å². The Hall–Kier alpha value is -2.94. The third-order valence-electron chi connectivity index (χ3n) is 10.1. The summed E-state index contributed by atoms with van der Waals surface area (Å²) in [6.45, 7) is 3.86. The smallest absolute Gasteiger partial charge is 0.326 e. The molecule has 0 aliphatic heterocycles. The molecule has 9 heteroatoms. The van der Waals surface area contributed by atoms with Crippen molar-refractivity contribution in [1.82, 2.24) is 15.5 Å². The first kappa shape index (κ1) is 33.0. The first-order valence-electron chi connectivity index (χ1n) is 16.5. The van der Waals surface area contributed by atoms with Gasteiger partial charge in [-0.15, -0.1) is 0 Å². The predicted octanol–water partition coefficient (Wildman–Crippen LogP) is 4.13. The second-order valence-electron chi connectivity index (χ2n) is 13.6. The van der Waals surface area contributed by atoms with E-state index in [1.165, 1.54) is 17.5 Å². The van der Waals surface area contributed by atoms with Gasteiger partial charge in [-0.1, -0.05) is 76.6 Å². The molecule has 5 atom stereocenters. The number of likely N-dealkylation sites (N-methyl/N-ethyl adjacent to an activating group) is 1. The number of carboxylic acid groups (broad SMARTS) is 1. The molecule has 2 saturated carbocycles. The van der Waals surface area contributed by atoms with E-state index in [2.05, 4.69) is 16.7 Å². The molecular formula is C34H52N4O5. The summed E-state index contributed by atoms with van der Waals surface area (Å²) < 4.78 is 0. The minimum Gasteiger partial charge on any atom is -0.480 e. The summed E-state index contributed by atoms with van der Waals surface area (Å²) in [5.74, 6) is -2.28. The van der Waals surface area contributed by atoms with E-state index in [4.69, 9.17) is 5.73 Å². The van der Waals surface area contributed by atoms with Gasteiger partial charge < -0.3 is 26.4 Å². The quantitative estimate of drug-likeness (QED) is 0.286. The van der Waals surface area contributed by atoms with Crippen LogP contribution in [0.4, 0.5) is 0 Å². The summed E-state index contributed by atoms with van der Waals surface area (Å²) in [6.07, 6.45) is 11.3. The SMILES string of the molecule is CC(C)C[C@H](C(=O)O)N(C)C(=O)[C@H](NC(=O)[C@H](NC(=O)[C@H](N)C1CCc2ccccc21)C1CCCCC1)C1CCCCC1. The van der Waals surface area contributed by atoms with Crippen molar-refractivity contribution in [3.05, 3.63) is 35.4 Å². The maximum Gasteiger partial charge on any atom is 0.326 e. The monoisotopic (exact) mass is 596 g/mol. The molecule has 0 saturated heterocycles. The second kappa shape index (κ2) is 15.2. The number of amides is 3. The number of benzene rings is 1. The van der Waals surface area contributed by atoms with Crippen LogP contribution < -0.4 is 16.4 Å². The molecule has 9 nitrogen and oxygen atoms in total. The molecule has 238 valence electrons. The summed E-state index contributed by atoms with van der Waals surface area (Å²) in [6, 6.07) is 4.68. The van der Waals surface area contributed by atoms with Crippen molar-refractivity contribution < 1.29 is 24.3 Å². The van der Waals surface area contributed by atoms with Crippen molar-refractivity contribution in [2.45, 2.75) is 127 Å². The van der Waals surface area contributed by atoms with Gasteiger partial charge in [0.05, 0.1) is 6.04 Å². The molecule has 3 aliphatic carbocycles. The predicted molar refractivity (Wildman–Crippen MR) is 166 cm³/mol. The normalized spacial score (nSPS) is 22.2. The Kier molecular flexibility index (Phi) is 11.6. The van der Waals surface area contributed by atoms with Gasteiger partial charge in [0.2, 0.25) is 17.7 Å². The number of aliphatic carboxylic acids is 1. The van der Waals surface area contributed by atoms with Crippen LogP contribution in [0.1, 0.15) is 108 Å². The number of carboxylic acids is 1. The third-order valence-corrected chi connectivity index (χ3v) is 10.1. The van der Waals surface area contributed by atoms with Crippen LogP contribution in [0.15, 0.2) is 24.3 Å². The summed E-state index contributed by atoms with van der Waals surface area (Å²) in [5.41, 5.74) is 8.88. The molecule has 5 N–H and O–H groups in total. The fourth-order valence-corrected chi connectivity index (χ4v) is 7.60. The maximum atomic E-state index is 14.1. The molecular weight excluding hydrogens is 544 g/mol. The zero-order valence-corrected chi connectivity index (χ0v) is 26.2. The zero-order valence-electron chi connectivity index (χ0n) is 26.2. The average Bonchev–Trinajstić information content (AvgIpc) is 3.45. The minimum absolute atomic E-state index is 0.0479. The molecule has 0 aromatic heterocycles. The summed E-state index contributed by atoms with van der Waals surface area (Å²) in [5, 5.41) is 16.0. The standard InChI is InChI=1S/C34H52N4O5/c1-21(2)20-27(34(42)43)38(3)33(41)30(24-15-8-5-9-16-24)37-32(40)29(23-13-6-4-7-14-23)36-31(39)28(35)26-19-18-22-12-10-11-17-25(22)26/h10-12,17,21,23-24,26-30H,4-9,13-16,18-20,35H2,1-3H3,(H,36,39)(H,37,40)(H,42,43)/t26?,27-,28-,29-,30-/m1/s1. The molecule has 4 rings (SSSR count). The fraction of sp³-hybridized carbons (Fsp3) is 0.706. The van der Waals surface area contributed by atoms with Gasteiger partial charge in [-0.05, 0) is 73.8 Å². The number of nitrogens with two attached hydrogens (primary N) is 1. The van der Waals surface area contributed by atoms with E-state index in [9.17, 15) is 24.3 Å². The van der Waals surface area contributed by atoms with Gasteiger partial charge in [-0.25, -0.2) is 4.79 Å². The fourth-order valence-electron chi connectivity index (χ4n) is 7.60. The van der Waals surface area contributed by atoms with E-state index in [-0.39, 0.29) is 41.4 Å². The van der Waals surface area contributed by atoms with Crippen molar-refractivity contribution in [3.63, 3.8) is 0 Å². The van der Waals surface area contributed by atoms with Crippen molar-refractivity contribution in [1.29, 1.82) is 0 Å². The van der Waals surface area contributed by atoms with Crippen molar-refractivity contribution in [2.24, 2.45) is 23.5 Å². The van der Waals surface area contributed by atoms with Gasteiger partial charge in [0.25, 0.3) is 0 Å². The van der Waals surface area contributed by atoms with Gasteiger partial charge in [-0.2, -0.15) is 0 Å². The van der Waals surface area contributed by atoms with Gasteiger partial charge in [0, 0.05) is 13.0 Å². The van der Waals surface area contributed by atoms with Gasteiger partial charge in [-0.3, -0.25) is 14.4 Å². The Balaban J connectivity index is 1.55. The molecule has 0 spiro atoms. The van der Waals surface area contributed by atoms with E-state index >= 15 is 0 Å². The van der Waals surface area contributed by atoms with Crippen molar-refractivity contribution in [3.8, 4) is 0 Å². The summed E-state index contributed by atoms with van der Waals surface area (Å²) in [7, 11) is 1.53. The van der Waals surface area contributed by atoms with E-state index < -0.39 is 30.1 Å². The molecule has 1 aromatic carbocycles. The number of fused-ring (bicyclic) bond motifs is 1. The Bertz CT molecular complexity index is 1130. The summed E-state index contributed by atoms with van der Waals surface area (Å²) >= 11 is 0. The highest BCUT2D eigenvalue weighted by Gasteiger charge is 2.41. The Labute approximate surface area is 256 Å². The molecule has 1 unspecified atom stereocenters. The lowest BCUT2D eigenvalue weighted by molar-refractivity contribution is -0.152. The van der Waals surface area contributed by atoms with E-state index in [1.54, 1.807) is 0 Å². The highest BCUT2D eigenvalue weighted by molar-refractivity contribution is 5.94. The molecule has 2 fully saturated rings. The van der Waals surface area contributed by atoms with E-state index in [0.29, 0.717) is 6.42 Å². The molecule has 3 amide bonds. The number of carbonyl (C=O) groups is 4. The lowest BCUT2D eigenvalue weighted by Gasteiger charge is -2.37. The number of nitrogens with one attached hydrogen (secondary N) is 2. The van der Waals surface area contributed by atoms with Crippen molar-refractivity contribution >= 4 is 23.7 Å². The van der Waals surface area contributed by atoms with Gasteiger partial charge in [0.1, 0.15) is 18.1 Å². The van der Waals surface area contributed by atoms with Gasteiger partial charge in [0.15, 0.2) is 0 Å². The molecule has 0 bridgehead atoms. The molecule has 0 heterocycles. The lowest BCUT2D eigenvalue weighted by atomic mass is 9.81. The second-order valence-corrected chi connectivity index (χ2v) is 13.6. The molecule has 43 heavy (non-hydrogen) atoms. The first-order chi connectivity index (χ1) is 20.6. The van der Waals surface area contributed by atoms with Crippen LogP contribution in [0.2, 0.25) is 0 Å². The largest absolute Gasteiger partial charge is 0.480 e. The lowest BCUT2D eigenvalue weighted by Crippen LogP contribution is -2.61. The van der Waals surface area contributed by atoms with Crippen LogP contribution in [0.3, 0.4) is 0 Å². The van der Waals surface area contributed by atoms with Crippen LogP contribution in [-0.4, -0.2) is 64.9 Å².